The summed E-state index contributed by atoms with van der Waals surface area (Å²) in [6.07, 6.45) is 3.70. The molecule has 2 aromatic carbocycles. The Balaban J connectivity index is 2.17. The highest BCUT2D eigenvalue weighted by Crippen LogP contribution is 2.29. The normalized spacial score (nSPS) is 12.6. The number of rotatable bonds is 2. The van der Waals surface area contributed by atoms with Gasteiger partial charge in [0.2, 0.25) is 0 Å². The average molecular weight is 262 g/mol. The van der Waals surface area contributed by atoms with Gasteiger partial charge in [-0.25, -0.2) is 0 Å². The van der Waals surface area contributed by atoms with E-state index in [1.165, 1.54) is 22.1 Å². The van der Waals surface area contributed by atoms with Gasteiger partial charge >= 0.3 is 0 Å². The van der Waals surface area contributed by atoms with E-state index in [0.717, 1.165) is 10.9 Å². The van der Waals surface area contributed by atoms with E-state index in [9.17, 15) is 0 Å². The minimum atomic E-state index is -0.110. The molecule has 2 N–H and O–H groups in total. The molecule has 1 heterocycles. The first-order chi connectivity index (χ1) is 9.66. The fourth-order valence-corrected chi connectivity index (χ4v) is 2.68. The molecule has 0 saturated heterocycles. The third-order valence-electron chi connectivity index (χ3n) is 3.82. The summed E-state index contributed by atoms with van der Waals surface area (Å²) in [5.41, 5.74) is 11.3. The lowest BCUT2D eigenvalue weighted by atomic mass is 9.91. The van der Waals surface area contributed by atoms with Crippen molar-refractivity contribution < 1.29 is 0 Å². The molecule has 0 spiro atoms. The summed E-state index contributed by atoms with van der Waals surface area (Å²) >= 11 is 0. The van der Waals surface area contributed by atoms with Gasteiger partial charge in [-0.05, 0) is 42.0 Å². The van der Waals surface area contributed by atoms with Crippen molar-refractivity contribution in [1.82, 2.24) is 4.98 Å². The van der Waals surface area contributed by atoms with E-state index >= 15 is 0 Å². The largest absolute Gasteiger partial charge is 0.320 e. The Morgan fingerprint density at radius 1 is 1.00 bits per heavy atom. The van der Waals surface area contributed by atoms with Gasteiger partial charge in [0.1, 0.15) is 0 Å². The first kappa shape index (κ1) is 12.8. The molecule has 0 amide bonds. The molecule has 0 aliphatic carbocycles. The molecule has 1 unspecified atom stereocenters. The van der Waals surface area contributed by atoms with Crippen molar-refractivity contribution in [3.8, 4) is 0 Å². The molecule has 2 heteroatoms. The second-order valence-corrected chi connectivity index (χ2v) is 5.28. The lowest BCUT2D eigenvalue weighted by Crippen LogP contribution is -2.14. The van der Waals surface area contributed by atoms with Crippen molar-refractivity contribution in [2.75, 3.05) is 0 Å². The van der Waals surface area contributed by atoms with Crippen molar-refractivity contribution in [3.63, 3.8) is 0 Å². The van der Waals surface area contributed by atoms with E-state index in [-0.39, 0.29) is 6.04 Å². The van der Waals surface area contributed by atoms with Gasteiger partial charge in [0, 0.05) is 17.8 Å². The van der Waals surface area contributed by atoms with Gasteiger partial charge in [-0.1, -0.05) is 42.0 Å². The molecular weight excluding hydrogens is 244 g/mol. The summed E-state index contributed by atoms with van der Waals surface area (Å²) < 4.78 is 0. The molecule has 0 aliphatic rings. The zero-order chi connectivity index (χ0) is 14.1. The summed E-state index contributed by atoms with van der Waals surface area (Å²) in [5.74, 6) is 0. The highest BCUT2D eigenvalue weighted by atomic mass is 14.6. The van der Waals surface area contributed by atoms with Crippen molar-refractivity contribution in [1.29, 1.82) is 0 Å². The van der Waals surface area contributed by atoms with Crippen molar-refractivity contribution >= 4 is 10.8 Å². The number of hydrogen-bond donors (Lipinski definition) is 1. The van der Waals surface area contributed by atoms with Crippen LogP contribution in [0, 0.1) is 13.8 Å². The summed E-state index contributed by atoms with van der Waals surface area (Å²) in [5, 5.41) is 2.31. The number of aryl methyl sites for hydroxylation is 2. The van der Waals surface area contributed by atoms with E-state index in [0.29, 0.717) is 0 Å². The Hall–Kier alpha value is -2.19. The molecular formula is C18H18N2. The van der Waals surface area contributed by atoms with Crippen LogP contribution in [0.2, 0.25) is 0 Å². The summed E-state index contributed by atoms with van der Waals surface area (Å²) in [6.45, 7) is 4.21. The Morgan fingerprint density at radius 3 is 2.70 bits per heavy atom. The lowest BCUT2D eigenvalue weighted by molar-refractivity contribution is 0.868. The molecule has 0 aliphatic heterocycles. The van der Waals surface area contributed by atoms with Gasteiger partial charge in [0.05, 0.1) is 6.04 Å². The Labute approximate surface area is 119 Å². The molecule has 100 valence electrons. The highest BCUT2D eigenvalue weighted by molar-refractivity contribution is 5.85. The number of aromatic nitrogens is 1. The van der Waals surface area contributed by atoms with Crippen molar-refractivity contribution in [3.05, 3.63) is 77.1 Å². The topological polar surface area (TPSA) is 38.9 Å². The van der Waals surface area contributed by atoms with Crippen molar-refractivity contribution in [2.45, 2.75) is 19.9 Å². The number of hydrogen-bond acceptors (Lipinski definition) is 2. The first-order valence-corrected chi connectivity index (χ1v) is 6.82. The maximum absolute atomic E-state index is 6.53. The second-order valence-electron chi connectivity index (χ2n) is 5.28. The zero-order valence-electron chi connectivity index (χ0n) is 11.8. The van der Waals surface area contributed by atoms with Crippen LogP contribution in [0.5, 0.6) is 0 Å². The van der Waals surface area contributed by atoms with Crippen LogP contribution < -0.4 is 5.73 Å². The van der Waals surface area contributed by atoms with E-state index in [1.54, 1.807) is 0 Å². The fourth-order valence-electron chi connectivity index (χ4n) is 2.68. The van der Waals surface area contributed by atoms with E-state index in [1.807, 2.05) is 24.5 Å². The Morgan fingerprint density at radius 2 is 1.85 bits per heavy atom. The summed E-state index contributed by atoms with van der Waals surface area (Å²) in [7, 11) is 0. The summed E-state index contributed by atoms with van der Waals surface area (Å²) in [4.78, 5) is 4.18. The van der Waals surface area contributed by atoms with Crippen LogP contribution in [0.4, 0.5) is 0 Å². The minimum Gasteiger partial charge on any atom is -0.320 e. The smallest absolute Gasteiger partial charge is 0.0560 e. The quantitative estimate of drug-likeness (QED) is 0.760. The predicted molar refractivity (Wildman–Crippen MR) is 83.7 cm³/mol. The van der Waals surface area contributed by atoms with Crippen LogP contribution in [-0.4, -0.2) is 4.98 Å². The molecule has 0 saturated carbocycles. The Bertz CT molecular complexity index is 757. The molecule has 0 fully saturated rings. The van der Waals surface area contributed by atoms with Gasteiger partial charge in [-0.15, -0.1) is 0 Å². The van der Waals surface area contributed by atoms with Gasteiger partial charge in [0.25, 0.3) is 0 Å². The third kappa shape index (κ3) is 2.19. The van der Waals surface area contributed by atoms with Gasteiger partial charge < -0.3 is 5.73 Å². The zero-order valence-corrected chi connectivity index (χ0v) is 11.8. The average Bonchev–Trinajstić information content (AvgIpc) is 2.48. The van der Waals surface area contributed by atoms with Crippen LogP contribution in [-0.2, 0) is 0 Å². The fraction of sp³-hybridized carbons (Fsp3) is 0.167. The molecule has 20 heavy (non-hydrogen) atoms. The van der Waals surface area contributed by atoms with Gasteiger partial charge in [0.15, 0.2) is 0 Å². The number of nitrogens with two attached hydrogens (primary N) is 1. The van der Waals surface area contributed by atoms with Crippen LogP contribution in [0.15, 0.2) is 54.9 Å². The standard InChI is InChI=1S/C18H18N2/c1-12-6-7-13(2)17(10-12)18(19)16-5-3-4-14-11-20-9-8-15(14)16/h3-11,18H,19H2,1-2H3. The molecule has 1 aromatic heterocycles. The monoisotopic (exact) mass is 262 g/mol. The van der Waals surface area contributed by atoms with Crippen LogP contribution in [0.3, 0.4) is 0 Å². The molecule has 0 bridgehead atoms. The lowest BCUT2D eigenvalue weighted by Gasteiger charge is -2.18. The molecule has 3 rings (SSSR count). The van der Waals surface area contributed by atoms with E-state index < -0.39 is 0 Å². The van der Waals surface area contributed by atoms with Crippen molar-refractivity contribution in [2.24, 2.45) is 5.73 Å². The second kappa shape index (κ2) is 5.06. The van der Waals surface area contributed by atoms with E-state index in [2.05, 4.69) is 49.2 Å². The molecule has 2 nitrogen and oxygen atoms in total. The van der Waals surface area contributed by atoms with Gasteiger partial charge in [-0.2, -0.15) is 0 Å². The van der Waals surface area contributed by atoms with Crippen LogP contribution in [0.25, 0.3) is 10.8 Å². The highest BCUT2D eigenvalue weighted by Gasteiger charge is 2.14. The number of fused-ring (bicyclic) bond motifs is 1. The molecule has 3 aromatic rings. The SMILES string of the molecule is Cc1ccc(C)c(C(N)c2cccc3cnccc23)c1. The van der Waals surface area contributed by atoms with Crippen LogP contribution in [0.1, 0.15) is 28.3 Å². The van der Waals surface area contributed by atoms with E-state index in [4.69, 9.17) is 5.73 Å². The van der Waals surface area contributed by atoms with Crippen LogP contribution >= 0.6 is 0 Å². The molecule has 1 atom stereocenters. The summed E-state index contributed by atoms with van der Waals surface area (Å²) in [6, 6.07) is 14.6. The minimum absolute atomic E-state index is 0.110. The number of pyridine rings is 1. The maximum atomic E-state index is 6.53. The Kier molecular flexibility index (Phi) is 3.25. The predicted octanol–water partition coefficient (Wildman–Crippen LogP) is 3.90. The molecule has 0 radical (unpaired) electrons. The first-order valence-electron chi connectivity index (χ1n) is 6.82. The number of nitrogens with zero attached hydrogens (tertiary/aromatic N) is 1. The third-order valence-corrected chi connectivity index (χ3v) is 3.82. The van der Waals surface area contributed by atoms with Gasteiger partial charge in [-0.3, -0.25) is 4.98 Å². The maximum Gasteiger partial charge on any atom is 0.0560 e. The number of benzene rings is 2.